The summed E-state index contributed by atoms with van der Waals surface area (Å²) >= 11 is 0. The number of alkyl halides is 5. The SMILES string of the molecule is FC(F)(F)C(F)(F)Oc1ccccc1CNc1cc[c]cc1. The van der Waals surface area contributed by atoms with Gasteiger partial charge in [0.25, 0.3) is 0 Å². The van der Waals surface area contributed by atoms with E-state index in [9.17, 15) is 22.0 Å². The van der Waals surface area contributed by atoms with E-state index in [4.69, 9.17) is 0 Å². The first-order chi connectivity index (χ1) is 10.3. The van der Waals surface area contributed by atoms with E-state index in [0.29, 0.717) is 5.69 Å². The van der Waals surface area contributed by atoms with Crippen LogP contribution in [-0.4, -0.2) is 12.3 Å². The zero-order chi connectivity index (χ0) is 16.2. The van der Waals surface area contributed by atoms with Gasteiger partial charge in [-0.1, -0.05) is 30.3 Å². The number of anilines is 1. The fraction of sp³-hybridized carbons (Fsp3) is 0.200. The van der Waals surface area contributed by atoms with Crippen LogP contribution in [0.2, 0.25) is 0 Å². The number of para-hydroxylation sites is 1. The van der Waals surface area contributed by atoms with E-state index in [-0.39, 0.29) is 12.1 Å². The van der Waals surface area contributed by atoms with Crippen LogP contribution in [0.5, 0.6) is 5.75 Å². The Hall–Kier alpha value is -2.31. The number of rotatable bonds is 5. The molecule has 7 heteroatoms. The Kier molecular flexibility index (Phi) is 4.54. The third-order valence-corrected chi connectivity index (χ3v) is 2.74. The molecule has 0 unspecified atom stereocenters. The monoisotopic (exact) mass is 316 g/mol. The number of benzene rings is 2. The van der Waals surface area contributed by atoms with E-state index in [2.05, 4.69) is 16.1 Å². The summed E-state index contributed by atoms with van der Waals surface area (Å²) in [6.07, 6.45) is -11.0. The maximum absolute atomic E-state index is 13.0. The smallest absolute Gasteiger partial charge is 0.425 e. The standard InChI is InChI=1S/C15H11F5NO/c16-14(17,18)15(19,20)22-13-9-5-4-6-11(13)10-21-12-7-2-1-3-8-12/h2-9,21H,10H2. The normalized spacial score (nSPS) is 12.0. The van der Waals surface area contributed by atoms with Crippen molar-refractivity contribution in [1.29, 1.82) is 0 Å². The molecule has 2 nitrogen and oxygen atoms in total. The van der Waals surface area contributed by atoms with Gasteiger partial charge in [-0.2, -0.15) is 22.0 Å². The van der Waals surface area contributed by atoms with Gasteiger partial charge in [0.15, 0.2) is 0 Å². The minimum absolute atomic E-state index is 0.0358. The lowest BCUT2D eigenvalue weighted by molar-refractivity contribution is -0.360. The van der Waals surface area contributed by atoms with Crippen LogP contribution in [0.1, 0.15) is 5.56 Å². The Balaban J connectivity index is 2.13. The lowest BCUT2D eigenvalue weighted by Gasteiger charge is -2.22. The molecule has 0 spiro atoms. The van der Waals surface area contributed by atoms with Gasteiger partial charge in [0.05, 0.1) is 0 Å². The minimum atomic E-state index is -5.77. The van der Waals surface area contributed by atoms with Gasteiger partial charge >= 0.3 is 12.3 Å². The number of ether oxygens (including phenoxy) is 1. The van der Waals surface area contributed by atoms with Crippen molar-refractivity contribution in [2.24, 2.45) is 0 Å². The van der Waals surface area contributed by atoms with Gasteiger partial charge < -0.3 is 10.1 Å². The van der Waals surface area contributed by atoms with Crippen molar-refractivity contribution in [3.05, 3.63) is 60.2 Å². The van der Waals surface area contributed by atoms with Crippen molar-refractivity contribution >= 4 is 5.69 Å². The highest BCUT2D eigenvalue weighted by molar-refractivity contribution is 5.44. The quantitative estimate of drug-likeness (QED) is 0.812. The highest BCUT2D eigenvalue weighted by atomic mass is 19.4. The van der Waals surface area contributed by atoms with Crippen LogP contribution in [0.25, 0.3) is 0 Å². The van der Waals surface area contributed by atoms with Crippen LogP contribution in [0, 0.1) is 6.07 Å². The fourth-order valence-electron chi connectivity index (χ4n) is 1.65. The number of nitrogens with one attached hydrogen (secondary N) is 1. The van der Waals surface area contributed by atoms with Crippen LogP contribution in [-0.2, 0) is 6.54 Å². The van der Waals surface area contributed by atoms with Gasteiger partial charge in [-0.25, -0.2) is 0 Å². The van der Waals surface area contributed by atoms with Crippen molar-refractivity contribution in [3.8, 4) is 5.75 Å². The van der Waals surface area contributed by atoms with Gasteiger partial charge in [-0.3, -0.25) is 0 Å². The highest BCUT2D eigenvalue weighted by Gasteiger charge is 2.61. The molecule has 0 aliphatic rings. The van der Waals surface area contributed by atoms with E-state index < -0.39 is 18.0 Å². The van der Waals surface area contributed by atoms with E-state index in [1.165, 1.54) is 18.2 Å². The summed E-state index contributed by atoms with van der Waals surface area (Å²) in [4.78, 5) is 0. The summed E-state index contributed by atoms with van der Waals surface area (Å²) in [5.41, 5.74) is 0.857. The third kappa shape index (κ3) is 3.87. The molecule has 0 aromatic heterocycles. The Morgan fingerprint density at radius 2 is 1.59 bits per heavy atom. The average Bonchev–Trinajstić information content (AvgIpc) is 2.46. The summed E-state index contributed by atoms with van der Waals surface area (Å²) < 4.78 is 66.5. The number of halogens is 5. The Morgan fingerprint density at radius 1 is 0.955 bits per heavy atom. The average molecular weight is 316 g/mol. The van der Waals surface area contributed by atoms with Crippen molar-refractivity contribution in [2.75, 3.05) is 5.32 Å². The molecule has 2 aromatic rings. The second kappa shape index (κ2) is 6.21. The predicted octanol–water partition coefficient (Wildman–Crippen LogP) is 4.63. The van der Waals surface area contributed by atoms with Crippen molar-refractivity contribution in [3.63, 3.8) is 0 Å². The van der Waals surface area contributed by atoms with E-state index in [1.807, 2.05) is 0 Å². The molecule has 2 rings (SSSR count). The van der Waals surface area contributed by atoms with Gasteiger partial charge in [0, 0.05) is 17.8 Å². The molecule has 1 radical (unpaired) electrons. The summed E-state index contributed by atoms with van der Waals surface area (Å²) in [5.74, 6) is -0.528. The molecule has 0 heterocycles. The molecule has 0 saturated carbocycles. The lowest BCUT2D eigenvalue weighted by atomic mass is 10.2. The molecular weight excluding hydrogens is 305 g/mol. The van der Waals surface area contributed by atoms with Crippen molar-refractivity contribution in [2.45, 2.75) is 18.8 Å². The largest absolute Gasteiger partial charge is 0.499 e. The highest BCUT2D eigenvalue weighted by Crippen LogP contribution is 2.38. The Morgan fingerprint density at radius 3 is 2.23 bits per heavy atom. The molecular formula is C15H11F5NO. The molecule has 0 saturated heterocycles. The maximum atomic E-state index is 13.0. The van der Waals surface area contributed by atoms with E-state index in [1.54, 1.807) is 24.3 Å². The maximum Gasteiger partial charge on any atom is 0.499 e. The van der Waals surface area contributed by atoms with E-state index >= 15 is 0 Å². The Labute approximate surface area is 123 Å². The Bertz CT molecular complexity index is 613. The first-order valence-corrected chi connectivity index (χ1v) is 6.21. The molecule has 22 heavy (non-hydrogen) atoms. The summed E-state index contributed by atoms with van der Waals surface area (Å²) in [7, 11) is 0. The molecule has 2 aromatic carbocycles. The first-order valence-electron chi connectivity index (χ1n) is 6.21. The summed E-state index contributed by atoms with van der Waals surface area (Å²) in [6.45, 7) is 0.0358. The zero-order valence-corrected chi connectivity index (χ0v) is 11.1. The molecule has 0 bridgehead atoms. The van der Waals surface area contributed by atoms with Crippen molar-refractivity contribution in [1.82, 2.24) is 0 Å². The topological polar surface area (TPSA) is 21.3 Å². The van der Waals surface area contributed by atoms with Crippen LogP contribution in [0.3, 0.4) is 0 Å². The molecule has 0 aliphatic heterocycles. The molecule has 0 fully saturated rings. The first kappa shape index (κ1) is 16.1. The predicted molar refractivity (Wildman–Crippen MR) is 70.7 cm³/mol. The van der Waals surface area contributed by atoms with Crippen LogP contribution in [0.15, 0.2) is 48.5 Å². The van der Waals surface area contributed by atoms with Gasteiger partial charge in [0.1, 0.15) is 5.75 Å². The van der Waals surface area contributed by atoms with Crippen LogP contribution < -0.4 is 10.1 Å². The van der Waals surface area contributed by atoms with E-state index in [0.717, 1.165) is 6.07 Å². The second-order valence-corrected chi connectivity index (χ2v) is 4.37. The molecule has 0 atom stereocenters. The summed E-state index contributed by atoms with van der Waals surface area (Å²) in [5, 5.41) is 2.90. The van der Waals surface area contributed by atoms with Gasteiger partial charge in [-0.15, -0.1) is 0 Å². The molecule has 0 amide bonds. The lowest BCUT2D eigenvalue weighted by Crippen LogP contribution is -2.42. The zero-order valence-electron chi connectivity index (χ0n) is 11.1. The molecule has 117 valence electrons. The number of hydrogen-bond acceptors (Lipinski definition) is 2. The third-order valence-electron chi connectivity index (χ3n) is 2.74. The van der Waals surface area contributed by atoms with Gasteiger partial charge in [-0.05, 0) is 24.3 Å². The van der Waals surface area contributed by atoms with Gasteiger partial charge in [0.2, 0.25) is 0 Å². The summed E-state index contributed by atoms with van der Waals surface area (Å²) in [6, 6.07) is 14.8. The van der Waals surface area contributed by atoms with Crippen LogP contribution in [0.4, 0.5) is 27.6 Å². The van der Waals surface area contributed by atoms with Crippen LogP contribution >= 0.6 is 0 Å². The molecule has 1 N–H and O–H groups in total. The number of hydrogen-bond donors (Lipinski definition) is 1. The van der Waals surface area contributed by atoms with Crippen molar-refractivity contribution < 1.29 is 26.7 Å². The molecule has 0 aliphatic carbocycles. The minimum Gasteiger partial charge on any atom is -0.425 e. The second-order valence-electron chi connectivity index (χ2n) is 4.37. The fourth-order valence-corrected chi connectivity index (χ4v) is 1.65.